The fraction of sp³-hybridized carbons (Fsp3) is 0.591. The second kappa shape index (κ2) is 8.13. The SMILES string of the molecule is COc1cccc(CN2CCCC3(CCN(Cc4cnn(C)c4)C3)C2)c1OC. The minimum atomic E-state index is 0.423. The van der Waals surface area contributed by atoms with Crippen LogP contribution in [0.15, 0.2) is 30.6 Å². The highest BCUT2D eigenvalue weighted by atomic mass is 16.5. The number of methoxy groups -OCH3 is 2. The summed E-state index contributed by atoms with van der Waals surface area (Å²) in [6, 6.07) is 6.18. The second-order valence-corrected chi connectivity index (χ2v) is 8.45. The molecule has 1 aromatic carbocycles. The van der Waals surface area contributed by atoms with Crippen LogP contribution in [0, 0.1) is 5.41 Å². The molecule has 2 aliphatic heterocycles. The van der Waals surface area contributed by atoms with Gasteiger partial charge in [-0.25, -0.2) is 0 Å². The third-order valence-corrected chi connectivity index (χ3v) is 6.30. The van der Waals surface area contributed by atoms with E-state index in [2.05, 4.69) is 33.2 Å². The number of aryl methyl sites for hydroxylation is 1. The van der Waals surface area contributed by atoms with E-state index < -0.39 is 0 Å². The van der Waals surface area contributed by atoms with Gasteiger partial charge in [-0.2, -0.15) is 5.10 Å². The van der Waals surface area contributed by atoms with Crippen molar-refractivity contribution in [2.24, 2.45) is 12.5 Å². The summed E-state index contributed by atoms with van der Waals surface area (Å²) in [6.45, 7) is 6.63. The Bertz CT molecular complexity index is 806. The molecule has 0 bridgehead atoms. The first-order valence-electron chi connectivity index (χ1n) is 10.2. The molecule has 0 aliphatic carbocycles. The molecule has 0 amide bonds. The van der Waals surface area contributed by atoms with Gasteiger partial charge >= 0.3 is 0 Å². The Labute approximate surface area is 168 Å². The largest absolute Gasteiger partial charge is 0.493 e. The number of rotatable bonds is 6. The third kappa shape index (κ3) is 4.03. The lowest BCUT2D eigenvalue weighted by atomic mass is 9.79. The maximum absolute atomic E-state index is 5.64. The number of hydrogen-bond donors (Lipinski definition) is 0. The van der Waals surface area contributed by atoms with Gasteiger partial charge in [0.25, 0.3) is 0 Å². The summed E-state index contributed by atoms with van der Waals surface area (Å²) in [7, 11) is 5.42. The van der Waals surface area contributed by atoms with Crippen molar-refractivity contribution in [1.82, 2.24) is 19.6 Å². The molecule has 2 fully saturated rings. The van der Waals surface area contributed by atoms with E-state index in [0.29, 0.717) is 5.41 Å². The highest BCUT2D eigenvalue weighted by Gasteiger charge is 2.41. The minimum absolute atomic E-state index is 0.423. The predicted molar refractivity (Wildman–Crippen MR) is 110 cm³/mol. The Hall–Kier alpha value is -2.05. The van der Waals surface area contributed by atoms with Crippen LogP contribution in [0.3, 0.4) is 0 Å². The van der Waals surface area contributed by atoms with Gasteiger partial charge in [0.05, 0.1) is 20.4 Å². The van der Waals surface area contributed by atoms with Gasteiger partial charge in [-0.15, -0.1) is 0 Å². The zero-order chi connectivity index (χ0) is 19.6. The molecular weight excluding hydrogens is 352 g/mol. The van der Waals surface area contributed by atoms with E-state index in [0.717, 1.165) is 37.7 Å². The number of aromatic nitrogens is 2. The highest BCUT2D eigenvalue weighted by Crippen LogP contribution is 2.40. The number of benzene rings is 1. The molecule has 1 spiro atoms. The van der Waals surface area contributed by atoms with E-state index in [9.17, 15) is 0 Å². The van der Waals surface area contributed by atoms with E-state index in [1.165, 1.54) is 43.5 Å². The van der Waals surface area contributed by atoms with Gasteiger partial charge in [-0.05, 0) is 43.8 Å². The zero-order valence-corrected chi connectivity index (χ0v) is 17.4. The average molecular weight is 385 g/mol. The molecular formula is C22H32N4O2. The topological polar surface area (TPSA) is 42.8 Å². The molecule has 6 heteroatoms. The molecule has 6 nitrogen and oxygen atoms in total. The van der Waals surface area contributed by atoms with Crippen molar-refractivity contribution in [2.75, 3.05) is 40.4 Å². The van der Waals surface area contributed by atoms with Gasteiger partial charge in [0, 0.05) is 50.6 Å². The predicted octanol–water partition coefficient (Wildman–Crippen LogP) is 2.93. The van der Waals surface area contributed by atoms with Gasteiger partial charge < -0.3 is 9.47 Å². The lowest BCUT2D eigenvalue weighted by Gasteiger charge is -2.40. The fourth-order valence-corrected chi connectivity index (χ4v) is 5.07. The number of likely N-dealkylation sites (tertiary alicyclic amines) is 2. The van der Waals surface area contributed by atoms with Crippen LogP contribution in [0.2, 0.25) is 0 Å². The highest BCUT2D eigenvalue weighted by molar-refractivity contribution is 5.46. The molecule has 28 heavy (non-hydrogen) atoms. The van der Waals surface area contributed by atoms with Crippen molar-refractivity contribution < 1.29 is 9.47 Å². The molecule has 0 N–H and O–H groups in total. The van der Waals surface area contributed by atoms with E-state index in [1.54, 1.807) is 14.2 Å². The Morgan fingerprint density at radius 3 is 2.57 bits per heavy atom. The minimum Gasteiger partial charge on any atom is -0.493 e. The molecule has 4 rings (SSSR count). The summed E-state index contributed by atoms with van der Waals surface area (Å²) in [5.74, 6) is 1.68. The van der Waals surface area contributed by atoms with Crippen molar-refractivity contribution in [3.05, 3.63) is 41.7 Å². The smallest absolute Gasteiger partial charge is 0.165 e. The number of hydrogen-bond acceptors (Lipinski definition) is 5. The number of ether oxygens (including phenoxy) is 2. The van der Waals surface area contributed by atoms with Crippen LogP contribution in [0.25, 0.3) is 0 Å². The van der Waals surface area contributed by atoms with Crippen molar-refractivity contribution in [2.45, 2.75) is 32.4 Å². The molecule has 1 atom stereocenters. The van der Waals surface area contributed by atoms with Crippen molar-refractivity contribution in [3.8, 4) is 11.5 Å². The quantitative estimate of drug-likeness (QED) is 0.766. The molecule has 2 aromatic rings. The van der Waals surface area contributed by atoms with Crippen LogP contribution in [0.4, 0.5) is 0 Å². The molecule has 2 saturated heterocycles. The molecule has 2 aliphatic rings. The molecule has 1 aromatic heterocycles. The maximum atomic E-state index is 5.64. The summed E-state index contributed by atoms with van der Waals surface area (Å²) in [4.78, 5) is 5.21. The van der Waals surface area contributed by atoms with E-state index in [4.69, 9.17) is 9.47 Å². The van der Waals surface area contributed by atoms with Gasteiger partial charge in [0.2, 0.25) is 0 Å². The molecule has 1 unspecified atom stereocenters. The first-order chi connectivity index (χ1) is 13.6. The van der Waals surface area contributed by atoms with E-state index >= 15 is 0 Å². The first kappa shape index (κ1) is 19.3. The zero-order valence-electron chi connectivity index (χ0n) is 17.4. The number of nitrogens with zero attached hydrogens (tertiary/aromatic N) is 4. The van der Waals surface area contributed by atoms with Gasteiger partial charge in [-0.3, -0.25) is 14.5 Å². The van der Waals surface area contributed by atoms with Crippen LogP contribution >= 0.6 is 0 Å². The van der Waals surface area contributed by atoms with Crippen LogP contribution in [-0.4, -0.2) is 60.0 Å². The second-order valence-electron chi connectivity index (χ2n) is 8.45. The van der Waals surface area contributed by atoms with Crippen molar-refractivity contribution in [3.63, 3.8) is 0 Å². The average Bonchev–Trinajstić information content (AvgIpc) is 3.27. The van der Waals surface area contributed by atoms with Crippen LogP contribution in [0.1, 0.15) is 30.4 Å². The normalized spacial score (nSPS) is 23.4. The Morgan fingerprint density at radius 2 is 1.86 bits per heavy atom. The van der Waals surface area contributed by atoms with Gasteiger partial charge in [-0.1, -0.05) is 12.1 Å². The van der Waals surface area contributed by atoms with Gasteiger partial charge in [0.15, 0.2) is 11.5 Å². The Kier molecular flexibility index (Phi) is 5.60. The summed E-state index contributed by atoms with van der Waals surface area (Å²) in [5, 5.41) is 4.31. The van der Waals surface area contributed by atoms with E-state index in [-0.39, 0.29) is 0 Å². The number of para-hydroxylation sites is 1. The van der Waals surface area contributed by atoms with Crippen molar-refractivity contribution in [1.29, 1.82) is 0 Å². The fourth-order valence-electron chi connectivity index (χ4n) is 5.07. The summed E-state index contributed by atoms with van der Waals surface area (Å²) in [5.41, 5.74) is 2.95. The summed E-state index contributed by atoms with van der Waals surface area (Å²) >= 11 is 0. The molecule has 0 saturated carbocycles. The Morgan fingerprint density at radius 1 is 1.04 bits per heavy atom. The summed E-state index contributed by atoms with van der Waals surface area (Å²) in [6.07, 6.45) is 8.02. The van der Waals surface area contributed by atoms with Crippen LogP contribution in [0.5, 0.6) is 11.5 Å². The third-order valence-electron chi connectivity index (χ3n) is 6.30. The Balaban J connectivity index is 1.41. The standard InChI is InChI=1S/C22H32N4O2/c1-24-13-18(12-23-24)14-26-11-9-22(17-26)8-5-10-25(16-22)15-19-6-4-7-20(27-2)21(19)28-3/h4,6-7,12-13H,5,8-11,14-17H2,1-3H3. The molecule has 3 heterocycles. The maximum Gasteiger partial charge on any atom is 0.165 e. The van der Waals surface area contributed by atoms with E-state index in [1.807, 2.05) is 24.0 Å². The monoisotopic (exact) mass is 384 g/mol. The first-order valence-corrected chi connectivity index (χ1v) is 10.2. The summed E-state index contributed by atoms with van der Waals surface area (Å²) < 4.78 is 13.0. The van der Waals surface area contributed by atoms with Crippen LogP contribution in [-0.2, 0) is 20.1 Å². The molecule has 0 radical (unpaired) electrons. The number of piperidine rings is 1. The van der Waals surface area contributed by atoms with Gasteiger partial charge in [0.1, 0.15) is 0 Å². The van der Waals surface area contributed by atoms with Crippen LogP contribution < -0.4 is 9.47 Å². The lowest BCUT2D eigenvalue weighted by Crippen LogP contribution is -2.44. The lowest BCUT2D eigenvalue weighted by molar-refractivity contribution is 0.0859. The molecule has 152 valence electrons. The van der Waals surface area contributed by atoms with Crippen molar-refractivity contribution >= 4 is 0 Å².